The molecule has 6 nitrogen and oxygen atoms in total. The molecular weight excluding hydrogens is 217 g/mol. The summed E-state index contributed by atoms with van der Waals surface area (Å²) in [6.45, 7) is 6.10. The smallest absolute Gasteiger partial charge is 0.308 e. The van der Waals surface area contributed by atoms with E-state index in [0.717, 1.165) is 5.69 Å². The molecule has 1 heterocycles. The second-order valence-electron chi connectivity index (χ2n) is 2.96. The van der Waals surface area contributed by atoms with Gasteiger partial charge in [0.1, 0.15) is 6.29 Å². The predicted molar refractivity (Wildman–Crippen MR) is 55.6 cm³/mol. The Balaban J connectivity index is 2.75. The fourth-order valence-electron chi connectivity index (χ4n) is 1.13. The molecule has 1 aromatic heterocycles. The van der Waals surface area contributed by atoms with Crippen molar-refractivity contribution in [1.29, 1.82) is 0 Å². The molecule has 1 aromatic rings. The Kier molecular flexibility index (Phi) is 4.45. The Morgan fingerprint density at radius 1 is 1.40 bits per heavy atom. The van der Waals surface area contributed by atoms with Crippen LogP contribution in [0.15, 0.2) is 6.20 Å². The van der Waals surface area contributed by atoms with Crippen molar-refractivity contribution in [3.8, 4) is 0 Å². The molecule has 0 aliphatic carbocycles. The van der Waals surface area contributed by atoms with Gasteiger partial charge in [0.05, 0.1) is 25.1 Å². The molecule has 0 bridgehead atoms. The lowest BCUT2D eigenvalue weighted by atomic mass is 10.6. The standard InChI is InChI=1S/C8H16N3O3P/c1-4-13-15(12,14-5-2)7-11-8(3)6-9-10-11/h6H,4-5,7H2,1-3H3. The van der Waals surface area contributed by atoms with Crippen LogP contribution in [0.2, 0.25) is 0 Å². The summed E-state index contributed by atoms with van der Waals surface area (Å²) in [7, 11) is -3.07. The lowest BCUT2D eigenvalue weighted by molar-refractivity contribution is 0.212. The SMILES string of the molecule is CCOP(=O)(Cn1nncc1C)OCC. The van der Waals surface area contributed by atoms with Crippen LogP contribution in [0.5, 0.6) is 0 Å². The van der Waals surface area contributed by atoms with Crippen LogP contribution < -0.4 is 0 Å². The Hall–Kier alpha value is -0.710. The summed E-state index contributed by atoms with van der Waals surface area (Å²) in [6, 6.07) is 0. The first-order chi connectivity index (χ1) is 7.11. The first-order valence-corrected chi connectivity index (χ1v) is 6.57. The van der Waals surface area contributed by atoms with Gasteiger partial charge in [-0.05, 0) is 20.8 Å². The summed E-state index contributed by atoms with van der Waals surface area (Å²) in [5.74, 6) is 0. The maximum absolute atomic E-state index is 12.1. The molecule has 0 radical (unpaired) electrons. The fourth-order valence-corrected chi connectivity index (χ4v) is 2.76. The van der Waals surface area contributed by atoms with Crippen LogP contribution >= 0.6 is 7.60 Å². The summed E-state index contributed by atoms with van der Waals surface area (Å²) >= 11 is 0. The molecule has 0 spiro atoms. The summed E-state index contributed by atoms with van der Waals surface area (Å²) < 4.78 is 23.9. The molecule has 1 rings (SSSR count). The van der Waals surface area contributed by atoms with Crippen molar-refractivity contribution in [3.05, 3.63) is 11.9 Å². The zero-order valence-electron chi connectivity index (χ0n) is 9.21. The van der Waals surface area contributed by atoms with E-state index in [-0.39, 0.29) is 6.29 Å². The normalized spacial score (nSPS) is 11.9. The van der Waals surface area contributed by atoms with E-state index in [9.17, 15) is 4.57 Å². The number of hydrogen-bond donors (Lipinski definition) is 0. The van der Waals surface area contributed by atoms with Crippen LogP contribution in [0.3, 0.4) is 0 Å². The highest BCUT2D eigenvalue weighted by atomic mass is 31.2. The topological polar surface area (TPSA) is 66.2 Å². The van der Waals surface area contributed by atoms with Gasteiger partial charge in [0.2, 0.25) is 0 Å². The van der Waals surface area contributed by atoms with Crippen LogP contribution in [0.4, 0.5) is 0 Å². The van der Waals surface area contributed by atoms with E-state index >= 15 is 0 Å². The van der Waals surface area contributed by atoms with E-state index < -0.39 is 7.60 Å². The molecule has 0 saturated heterocycles. The average molecular weight is 233 g/mol. The van der Waals surface area contributed by atoms with Gasteiger partial charge in [-0.3, -0.25) is 4.57 Å². The molecule has 0 N–H and O–H groups in total. The van der Waals surface area contributed by atoms with Crippen molar-refractivity contribution >= 4 is 7.60 Å². The lowest BCUT2D eigenvalue weighted by Gasteiger charge is -2.16. The molecule has 0 amide bonds. The Labute approximate surface area is 89.1 Å². The van der Waals surface area contributed by atoms with Crippen molar-refractivity contribution in [2.24, 2.45) is 0 Å². The molecule has 0 atom stereocenters. The summed E-state index contributed by atoms with van der Waals surface area (Å²) in [6.07, 6.45) is 1.71. The Morgan fingerprint density at radius 3 is 2.40 bits per heavy atom. The monoisotopic (exact) mass is 233 g/mol. The third-order valence-electron chi connectivity index (χ3n) is 1.77. The zero-order chi connectivity index (χ0) is 11.3. The van der Waals surface area contributed by atoms with Crippen LogP contribution in [-0.2, 0) is 19.9 Å². The highest BCUT2D eigenvalue weighted by molar-refractivity contribution is 7.52. The highest BCUT2D eigenvalue weighted by Gasteiger charge is 2.25. The summed E-state index contributed by atoms with van der Waals surface area (Å²) in [5.41, 5.74) is 0.828. The molecular formula is C8H16N3O3P. The van der Waals surface area contributed by atoms with Crippen molar-refractivity contribution in [1.82, 2.24) is 15.0 Å². The van der Waals surface area contributed by atoms with Gasteiger partial charge >= 0.3 is 7.60 Å². The fraction of sp³-hybridized carbons (Fsp3) is 0.750. The van der Waals surface area contributed by atoms with Crippen molar-refractivity contribution < 1.29 is 13.6 Å². The molecule has 86 valence electrons. The van der Waals surface area contributed by atoms with Gasteiger partial charge in [-0.1, -0.05) is 5.21 Å². The Bertz CT molecular complexity index is 343. The molecule has 0 aliphatic rings. The third kappa shape index (κ3) is 3.41. The van der Waals surface area contributed by atoms with Gasteiger partial charge in [0.25, 0.3) is 0 Å². The maximum atomic E-state index is 12.1. The zero-order valence-corrected chi connectivity index (χ0v) is 10.1. The molecule has 0 aromatic carbocycles. The number of aromatic nitrogens is 3. The van der Waals surface area contributed by atoms with Crippen molar-refractivity contribution in [2.75, 3.05) is 13.2 Å². The minimum Gasteiger partial charge on any atom is -0.308 e. The second kappa shape index (κ2) is 5.39. The van der Waals surface area contributed by atoms with Gasteiger partial charge in [-0.25, -0.2) is 4.68 Å². The molecule has 0 fully saturated rings. The van der Waals surface area contributed by atoms with Gasteiger partial charge in [0, 0.05) is 0 Å². The third-order valence-corrected chi connectivity index (χ3v) is 3.69. The highest BCUT2D eigenvalue weighted by Crippen LogP contribution is 2.49. The average Bonchev–Trinajstić information content (AvgIpc) is 2.52. The van der Waals surface area contributed by atoms with Crippen molar-refractivity contribution in [2.45, 2.75) is 27.1 Å². The maximum Gasteiger partial charge on any atom is 0.352 e. The van der Waals surface area contributed by atoms with Gasteiger partial charge in [-0.15, -0.1) is 5.10 Å². The van der Waals surface area contributed by atoms with Gasteiger partial charge in [0.15, 0.2) is 0 Å². The second-order valence-corrected chi connectivity index (χ2v) is 4.98. The molecule has 0 saturated carbocycles. The van der Waals surface area contributed by atoms with Gasteiger partial charge in [-0.2, -0.15) is 0 Å². The van der Waals surface area contributed by atoms with E-state index in [4.69, 9.17) is 9.05 Å². The minimum atomic E-state index is -3.07. The van der Waals surface area contributed by atoms with Crippen LogP contribution in [-0.4, -0.2) is 28.2 Å². The number of nitrogens with zero attached hydrogens (tertiary/aromatic N) is 3. The molecule has 7 heteroatoms. The predicted octanol–water partition coefficient (Wildman–Crippen LogP) is 1.81. The van der Waals surface area contributed by atoms with E-state index in [1.165, 1.54) is 4.68 Å². The van der Waals surface area contributed by atoms with Crippen LogP contribution in [0.1, 0.15) is 19.5 Å². The first kappa shape index (κ1) is 12.4. The van der Waals surface area contributed by atoms with Crippen LogP contribution in [0.25, 0.3) is 0 Å². The first-order valence-electron chi connectivity index (χ1n) is 4.84. The van der Waals surface area contributed by atoms with Crippen LogP contribution in [0, 0.1) is 6.92 Å². The molecule has 0 aliphatic heterocycles. The van der Waals surface area contributed by atoms with E-state index in [1.807, 2.05) is 6.92 Å². The van der Waals surface area contributed by atoms with E-state index in [1.54, 1.807) is 20.0 Å². The van der Waals surface area contributed by atoms with Gasteiger partial charge < -0.3 is 9.05 Å². The molecule has 0 unspecified atom stereocenters. The number of aryl methyl sites for hydroxylation is 1. The summed E-state index contributed by atoms with van der Waals surface area (Å²) in [5, 5.41) is 7.51. The van der Waals surface area contributed by atoms with E-state index in [0.29, 0.717) is 13.2 Å². The lowest BCUT2D eigenvalue weighted by Crippen LogP contribution is -2.07. The molecule has 15 heavy (non-hydrogen) atoms. The number of hydrogen-bond acceptors (Lipinski definition) is 5. The quantitative estimate of drug-likeness (QED) is 0.701. The number of rotatable bonds is 6. The van der Waals surface area contributed by atoms with Crippen molar-refractivity contribution in [3.63, 3.8) is 0 Å². The largest absolute Gasteiger partial charge is 0.352 e. The summed E-state index contributed by atoms with van der Waals surface area (Å²) in [4.78, 5) is 0. The Morgan fingerprint density at radius 2 is 2.00 bits per heavy atom. The minimum absolute atomic E-state index is 0.112. The van der Waals surface area contributed by atoms with E-state index in [2.05, 4.69) is 10.3 Å².